The summed E-state index contributed by atoms with van der Waals surface area (Å²) in [5, 5.41) is 0. The summed E-state index contributed by atoms with van der Waals surface area (Å²) in [6, 6.07) is 42.8. The van der Waals surface area contributed by atoms with Crippen LogP contribution in [0, 0.1) is 5.92 Å². The third-order valence-corrected chi connectivity index (χ3v) is 12.6. The molecule has 2 aliphatic carbocycles. The smallest absolute Gasteiger partial charge is 0.0423 e. The first-order chi connectivity index (χ1) is 25.8. The predicted octanol–water partition coefficient (Wildman–Crippen LogP) is 14.1. The molecule has 8 rings (SSSR count). The van der Waals surface area contributed by atoms with Crippen LogP contribution in [0.15, 0.2) is 175 Å². The van der Waals surface area contributed by atoms with Gasteiger partial charge in [-0.25, -0.2) is 0 Å². The second-order valence-electron chi connectivity index (χ2n) is 15.0. The Bertz CT molecular complexity index is 2290. The van der Waals surface area contributed by atoms with Crippen molar-refractivity contribution in [3.05, 3.63) is 192 Å². The molecule has 0 amide bonds. The molecule has 1 atom stereocenters. The summed E-state index contributed by atoms with van der Waals surface area (Å²) in [5.41, 5.74) is 17.9. The highest BCUT2D eigenvalue weighted by Crippen LogP contribution is 2.48. The molecule has 1 aliphatic heterocycles. The Labute approximate surface area is 320 Å². The summed E-state index contributed by atoms with van der Waals surface area (Å²) in [6.45, 7) is 14.7. The number of nitrogens with zero attached hydrogens (tertiary/aromatic N) is 1. The van der Waals surface area contributed by atoms with Crippen LogP contribution in [-0.4, -0.2) is 12.3 Å². The van der Waals surface area contributed by atoms with Gasteiger partial charge in [-0.3, -0.25) is 0 Å². The quantitative estimate of drug-likeness (QED) is 0.166. The van der Waals surface area contributed by atoms with E-state index in [1.807, 2.05) is 11.8 Å². The molecule has 0 aromatic heterocycles. The van der Waals surface area contributed by atoms with Crippen molar-refractivity contribution < 1.29 is 0 Å². The number of rotatable bonds is 7. The highest BCUT2D eigenvalue weighted by molar-refractivity contribution is 7.99. The SMILES string of the molecule is C=C1/C=C\C=C/CSc2c1cccc2C1=CC=CCC1CN(c1cc(-c2ccccc2)cc(-c2ccccc2)c1)c1ccc2c(c1)C(C)(C)C(C)=C2C. The van der Waals surface area contributed by atoms with Crippen molar-refractivity contribution in [2.24, 2.45) is 5.92 Å². The molecule has 0 bridgehead atoms. The summed E-state index contributed by atoms with van der Waals surface area (Å²) >= 11 is 1.92. The molecule has 53 heavy (non-hydrogen) atoms. The van der Waals surface area contributed by atoms with Crippen LogP contribution in [0.3, 0.4) is 0 Å². The van der Waals surface area contributed by atoms with E-state index >= 15 is 0 Å². The van der Waals surface area contributed by atoms with Gasteiger partial charge >= 0.3 is 0 Å². The van der Waals surface area contributed by atoms with Crippen molar-refractivity contribution in [3.8, 4) is 22.3 Å². The fourth-order valence-corrected chi connectivity index (χ4v) is 9.29. The summed E-state index contributed by atoms with van der Waals surface area (Å²) in [5.74, 6) is 1.19. The molecule has 2 heteroatoms. The molecule has 5 aromatic rings. The van der Waals surface area contributed by atoms with Crippen molar-refractivity contribution in [2.45, 2.75) is 44.4 Å². The highest BCUT2D eigenvalue weighted by atomic mass is 32.2. The molecule has 0 spiro atoms. The van der Waals surface area contributed by atoms with Gasteiger partial charge in [-0.05, 0) is 112 Å². The Morgan fingerprint density at radius 1 is 0.679 bits per heavy atom. The molecule has 1 heterocycles. The van der Waals surface area contributed by atoms with Gasteiger partial charge in [-0.1, -0.05) is 153 Å². The number of allylic oxidation sites excluding steroid dienone is 9. The van der Waals surface area contributed by atoms with Crippen LogP contribution in [0.25, 0.3) is 39.0 Å². The molecule has 1 nitrogen and oxygen atoms in total. The maximum absolute atomic E-state index is 4.47. The molecule has 0 saturated carbocycles. The number of fused-ring (bicyclic) bond motifs is 2. The van der Waals surface area contributed by atoms with E-state index in [4.69, 9.17) is 0 Å². The minimum absolute atomic E-state index is 0.0254. The lowest BCUT2D eigenvalue weighted by atomic mass is 9.81. The summed E-state index contributed by atoms with van der Waals surface area (Å²) < 4.78 is 0. The zero-order chi connectivity index (χ0) is 36.5. The first-order valence-electron chi connectivity index (χ1n) is 18.8. The lowest BCUT2D eigenvalue weighted by Gasteiger charge is -2.34. The lowest BCUT2D eigenvalue weighted by molar-refractivity contribution is 0.637. The second-order valence-corrected chi connectivity index (χ2v) is 16.0. The molecule has 0 fully saturated rings. The first kappa shape index (κ1) is 34.8. The third-order valence-electron chi connectivity index (χ3n) is 11.6. The number of thioether (sulfide) groups is 1. The topological polar surface area (TPSA) is 3.24 Å². The van der Waals surface area contributed by atoms with E-state index in [0.717, 1.165) is 24.3 Å². The molecule has 1 unspecified atom stereocenters. The molecule has 3 aliphatic rings. The standard InChI is InChI=1S/C51H47NS/c1-35-18-9-8-16-29-53-50-45(35)25-17-26-48(50)47-24-15-14-23-40(47)34-52(43-27-28-46-36(2)37(3)51(4,5)49(46)33-43)44-31-41(38-19-10-6-11-20-38)30-42(32-44)39-21-12-7-13-22-39/h6-22,24-28,30-33,40H,1,23,29,34H2,2-5H3/b16-8-,18-9-. The number of hydrogen-bond donors (Lipinski definition) is 0. The summed E-state index contributed by atoms with van der Waals surface area (Å²) in [4.78, 5) is 3.92. The van der Waals surface area contributed by atoms with Crippen molar-refractivity contribution in [1.29, 1.82) is 0 Å². The fraction of sp³-hybridized carbons (Fsp3) is 0.176. The molecule has 0 N–H and O–H groups in total. The second kappa shape index (κ2) is 14.6. The van der Waals surface area contributed by atoms with Gasteiger partial charge in [-0.2, -0.15) is 0 Å². The Morgan fingerprint density at radius 3 is 2.09 bits per heavy atom. The van der Waals surface area contributed by atoms with Gasteiger partial charge in [0.25, 0.3) is 0 Å². The number of hydrogen-bond acceptors (Lipinski definition) is 2. The maximum atomic E-state index is 4.47. The minimum Gasteiger partial charge on any atom is -0.341 e. The van der Waals surface area contributed by atoms with Crippen LogP contribution in [0.1, 0.15) is 56.4 Å². The van der Waals surface area contributed by atoms with Crippen molar-refractivity contribution >= 4 is 39.9 Å². The lowest BCUT2D eigenvalue weighted by Crippen LogP contribution is -2.27. The molecule has 0 saturated heterocycles. The van der Waals surface area contributed by atoms with Crippen LogP contribution >= 0.6 is 11.8 Å². The summed E-state index contributed by atoms with van der Waals surface area (Å²) in [6.07, 6.45) is 16.6. The zero-order valence-electron chi connectivity index (χ0n) is 31.3. The van der Waals surface area contributed by atoms with E-state index in [-0.39, 0.29) is 11.3 Å². The number of benzene rings is 5. The fourth-order valence-electron chi connectivity index (χ4n) is 8.22. The monoisotopic (exact) mass is 705 g/mol. The van der Waals surface area contributed by atoms with Crippen molar-refractivity contribution in [1.82, 2.24) is 0 Å². The molecule has 5 aromatic carbocycles. The van der Waals surface area contributed by atoms with E-state index in [1.54, 1.807) is 0 Å². The third kappa shape index (κ3) is 6.73. The normalized spacial score (nSPS) is 18.7. The maximum Gasteiger partial charge on any atom is 0.0423 e. The van der Waals surface area contributed by atoms with Crippen LogP contribution in [0.2, 0.25) is 0 Å². The van der Waals surface area contributed by atoms with Crippen LogP contribution in [-0.2, 0) is 5.41 Å². The van der Waals surface area contributed by atoms with E-state index in [1.165, 1.54) is 77.5 Å². The van der Waals surface area contributed by atoms with E-state index < -0.39 is 0 Å². The Balaban J connectivity index is 1.29. The average molecular weight is 706 g/mol. The Morgan fingerprint density at radius 2 is 1.38 bits per heavy atom. The van der Waals surface area contributed by atoms with E-state index in [9.17, 15) is 0 Å². The molecule has 262 valence electrons. The summed E-state index contributed by atoms with van der Waals surface area (Å²) in [7, 11) is 0. The van der Waals surface area contributed by atoms with Crippen molar-refractivity contribution in [2.75, 3.05) is 17.2 Å². The van der Waals surface area contributed by atoms with Gasteiger partial charge in [-0.15, -0.1) is 11.8 Å². The Hall–Kier alpha value is -5.31. The van der Waals surface area contributed by atoms with Gasteiger partial charge in [0.15, 0.2) is 0 Å². The van der Waals surface area contributed by atoms with E-state index in [0.29, 0.717) is 0 Å². The Kier molecular flexibility index (Phi) is 9.58. The largest absolute Gasteiger partial charge is 0.341 e. The zero-order valence-corrected chi connectivity index (χ0v) is 32.1. The van der Waals surface area contributed by atoms with Crippen LogP contribution in [0.4, 0.5) is 11.4 Å². The molecule has 0 radical (unpaired) electrons. The van der Waals surface area contributed by atoms with Crippen LogP contribution in [0.5, 0.6) is 0 Å². The average Bonchev–Trinajstić information content (AvgIpc) is 3.43. The van der Waals surface area contributed by atoms with Crippen LogP contribution < -0.4 is 4.90 Å². The van der Waals surface area contributed by atoms with Crippen molar-refractivity contribution in [3.63, 3.8) is 0 Å². The van der Waals surface area contributed by atoms with Gasteiger partial charge in [0.1, 0.15) is 0 Å². The van der Waals surface area contributed by atoms with Gasteiger partial charge in [0.05, 0.1) is 0 Å². The molecular formula is C51H47NS. The van der Waals surface area contributed by atoms with Gasteiger partial charge in [0, 0.05) is 39.9 Å². The van der Waals surface area contributed by atoms with E-state index in [2.05, 4.69) is 197 Å². The molecular weight excluding hydrogens is 659 g/mol. The minimum atomic E-state index is -0.0254. The first-order valence-corrected chi connectivity index (χ1v) is 19.8. The number of anilines is 2. The van der Waals surface area contributed by atoms with Gasteiger partial charge in [0.2, 0.25) is 0 Å². The highest BCUT2D eigenvalue weighted by Gasteiger charge is 2.34. The van der Waals surface area contributed by atoms with Gasteiger partial charge < -0.3 is 4.90 Å². The predicted molar refractivity (Wildman–Crippen MR) is 232 cm³/mol.